The third kappa shape index (κ3) is 6.13. The van der Waals surface area contributed by atoms with E-state index in [0.29, 0.717) is 21.9 Å². The average Bonchev–Trinajstić information content (AvgIpc) is 2.46. The molecule has 0 radical (unpaired) electrons. The van der Waals surface area contributed by atoms with Crippen molar-refractivity contribution >= 4 is 20.6 Å². The maximum Gasteiger partial charge on any atom is 0.0644 e. The fourth-order valence-corrected chi connectivity index (χ4v) is 11.4. The Morgan fingerprint density at radius 2 is 1.30 bits per heavy atom. The highest BCUT2D eigenvalue weighted by molar-refractivity contribution is 8.31. The summed E-state index contributed by atoms with van der Waals surface area (Å²) in [5.41, 5.74) is 0. The summed E-state index contributed by atoms with van der Waals surface area (Å²) in [5, 5.41) is 1.88. The summed E-state index contributed by atoms with van der Waals surface area (Å²) in [6.07, 6.45) is 2.87. The molecule has 1 atom stereocenters. The van der Waals surface area contributed by atoms with Gasteiger partial charge in [-0.3, -0.25) is 0 Å². The Kier molecular flexibility index (Phi) is 10.9. The predicted octanol–water partition coefficient (Wildman–Crippen LogP) is 6.52. The van der Waals surface area contributed by atoms with E-state index in [9.17, 15) is 0 Å². The van der Waals surface area contributed by atoms with Crippen LogP contribution in [0.4, 0.5) is 0 Å². The van der Waals surface area contributed by atoms with E-state index in [0.717, 1.165) is 0 Å². The van der Waals surface area contributed by atoms with Gasteiger partial charge in [-0.05, 0) is 43.9 Å². The molecule has 2 nitrogen and oxygen atoms in total. The van der Waals surface area contributed by atoms with Crippen molar-refractivity contribution in [3.05, 3.63) is 0 Å². The molecule has 144 valence electrons. The molecule has 0 aromatic heterocycles. The van der Waals surface area contributed by atoms with Crippen LogP contribution in [0.1, 0.15) is 75.2 Å². The van der Waals surface area contributed by atoms with Crippen molar-refractivity contribution in [2.75, 3.05) is 24.4 Å². The standard InChI is InChI=1S/C19H44O2S2/c1-11-22(12-2,21-16(3)4)15-13-14-19(9)23(20-10,17(5)6)18(7)8/h16-19H,11-15H2,1-10H3. The lowest BCUT2D eigenvalue weighted by molar-refractivity contribution is 0.273. The molecule has 0 aliphatic carbocycles. The van der Waals surface area contributed by atoms with Gasteiger partial charge in [0.25, 0.3) is 0 Å². The topological polar surface area (TPSA) is 18.5 Å². The van der Waals surface area contributed by atoms with Gasteiger partial charge >= 0.3 is 0 Å². The second-order valence-corrected chi connectivity index (χ2v) is 15.4. The predicted molar refractivity (Wildman–Crippen MR) is 113 cm³/mol. The van der Waals surface area contributed by atoms with Crippen LogP contribution in [0.5, 0.6) is 0 Å². The Bertz CT molecular complexity index is 304. The molecule has 0 saturated carbocycles. The Morgan fingerprint density at radius 3 is 1.61 bits per heavy atom. The molecule has 0 amide bonds. The normalized spacial score (nSPS) is 16.4. The zero-order valence-corrected chi connectivity index (χ0v) is 19.1. The van der Waals surface area contributed by atoms with Crippen molar-refractivity contribution in [3.8, 4) is 0 Å². The SMILES string of the molecule is CCS(CC)(CCCC(C)S(OC)(C(C)C)C(C)C)OC(C)C. The van der Waals surface area contributed by atoms with Crippen LogP contribution in [-0.4, -0.2) is 46.2 Å². The minimum absolute atomic E-state index is 0.345. The van der Waals surface area contributed by atoms with Gasteiger partial charge in [-0.1, -0.05) is 48.5 Å². The Labute approximate surface area is 150 Å². The van der Waals surface area contributed by atoms with Gasteiger partial charge in [0.1, 0.15) is 0 Å². The molecule has 0 N–H and O–H groups in total. The molecule has 0 rings (SSSR count). The highest BCUT2D eigenvalue weighted by Crippen LogP contribution is 2.62. The summed E-state index contributed by atoms with van der Waals surface area (Å²) in [6, 6.07) is 0. The summed E-state index contributed by atoms with van der Waals surface area (Å²) >= 11 is 0. The van der Waals surface area contributed by atoms with Crippen molar-refractivity contribution in [2.24, 2.45) is 0 Å². The van der Waals surface area contributed by atoms with Gasteiger partial charge in [-0.2, -0.15) is 0 Å². The smallest absolute Gasteiger partial charge is 0.0644 e. The second kappa shape index (κ2) is 10.6. The molecule has 0 bridgehead atoms. The summed E-state index contributed by atoms with van der Waals surface area (Å²) in [4.78, 5) is 0. The van der Waals surface area contributed by atoms with E-state index in [4.69, 9.17) is 8.37 Å². The lowest BCUT2D eigenvalue weighted by Gasteiger charge is -2.51. The molecule has 4 heteroatoms. The summed E-state index contributed by atoms with van der Waals surface area (Å²) in [5.74, 6) is 3.62. The quantitative estimate of drug-likeness (QED) is 0.390. The number of hydrogen-bond donors (Lipinski definition) is 0. The Morgan fingerprint density at radius 1 is 0.826 bits per heavy atom. The Hall–Kier alpha value is 0.620. The number of rotatable bonds is 12. The lowest BCUT2D eigenvalue weighted by atomic mass is 10.3. The minimum Gasteiger partial charge on any atom is -0.339 e. The summed E-state index contributed by atoms with van der Waals surface area (Å²) in [7, 11) is 0.00823. The van der Waals surface area contributed by atoms with Crippen LogP contribution < -0.4 is 0 Å². The van der Waals surface area contributed by atoms with Crippen molar-refractivity contribution < 1.29 is 8.37 Å². The first-order chi connectivity index (χ1) is 10.6. The fraction of sp³-hybridized carbons (Fsp3) is 1.00. The zero-order chi connectivity index (χ0) is 18.3. The molecule has 0 aliphatic rings. The molecule has 0 saturated heterocycles. The van der Waals surface area contributed by atoms with Crippen LogP contribution in [-0.2, 0) is 8.37 Å². The van der Waals surface area contributed by atoms with Gasteiger partial charge in [0.15, 0.2) is 0 Å². The number of hydrogen-bond acceptors (Lipinski definition) is 2. The molecule has 0 fully saturated rings. The molecule has 0 aromatic rings. The van der Waals surface area contributed by atoms with E-state index in [2.05, 4.69) is 62.3 Å². The van der Waals surface area contributed by atoms with E-state index in [-0.39, 0.29) is 0 Å². The van der Waals surface area contributed by atoms with Gasteiger partial charge in [0.2, 0.25) is 0 Å². The molecular formula is C19H44O2S2. The van der Waals surface area contributed by atoms with Crippen LogP contribution in [0.25, 0.3) is 0 Å². The zero-order valence-electron chi connectivity index (χ0n) is 17.5. The largest absolute Gasteiger partial charge is 0.339 e. The van der Waals surface area contributed by atoms with Gasteiger partial charge in [0, 0.05) is 22.9 Å². The first-order valence-corrected chi connectivity index (χ1v) is 13.2. The van der Waals surface area contributed by atoms with Gasteiger partial charge in [-0.15, -0.1) is 20.6 Å². The van der Waals surface area contributed by atoms with E-state index < -0.39 is 20.6 Å². The highest BCUT2D eigenvalue weighted by atomic mass is 32.3. The summed E-state index contributed by atoms with van der Waals surface area (Å²) < 4.78 is 12.6. The van der Waals surface area contributed by atoms with E-state index in [1.54, 1.807) is 0 Å². The molecule has 0 spiro atoms. The van der Waals surface area contributed by atoms with Crippen LogP contribution in [0.2, 0.25) is 0 Å². The lowest BCUT2D eigenvalue weighted by Crippen LogP contribution is -2.31. The van der Waals surface area contributed by atoms with Crippen molar-refractivity contribution in [2.45, 2.75) is 97.0 Å². The molecule has 0 aromatic carbocycles. The summed E-state index contributed by atoms with van der Waals surface area (Å²) in [6.45, 7) is 20.7. The van der Waals surface area contributed by atoms with E-state index >= 15 is 0 Å². The van der Waals surface area contributed by atoms with Gasteiger partial charge < -0.3 is 8.37 Å². The first kappa shape index (κ1) is 23.6. The van der Waals surface area contributed by atoms with Crippen LogP contribution in [0.3, 0.4) is 0 Å². The average molecular weight is 369 g/mol. The fourth-order valence-electron chi connectivity index (χ4n) is 3.93. The molecule has 0 aliphatic heterocycles. The van der Waals surface area contributed by atoms with Crippen molar-refractivity contribution in [1.82, 2.24) is 0 Å². The van der Waals surface area contributed by atoms with E-state index in [1.165, 1.54) is 30.1 Å². The minimum atomic E-state index is -1.03. The maximum atomic E-state index is 6.38. The van der Waals surface area contributed by atoms with E-state index in [1.807, 2.05) is 7.11 Å². The third-order valence-corrected chi connectivity index (χ3v) is 13.9. The van der Waals surface area contributed by atoms with Crippen LogP contribution >= 0.6 is 20.6 Å². The van der Waals surface area contributed by atoms with Crippen molar-refractivity contribution in [1.29, 1.82) is 0 Å². The van der Waals surface area contributed by atoms with Crippen molar-refractivity contribution in [3.63, 3.8) is 0 Å². The highest BCUT2D eigenvalue weighted by Gasteiger charge is 2.37. The maximum absolute atomic E-state index is 6.38. The molecule has 1 unspecified atom stereocenters. The third-order valence-electron chi connectivity index (χ3n) is 4.97. The molecule has 23 heavy (non-hydrogen) atoms. The second-order valence-electron chi connectivity index (χ2n) is 7.31. The monoisotopic (exact) mass is 368 g/mol. The first-order valence-electron chi connectivity index (χ1n) is 9.41. The van der Waals surface area contributed by atoms with Gasteiger partial charge in [0.05, 0.1) is 6.10 Å². The Balaban J connectivity index is 4.87. The molecule has 0 heterocycles. The van der Waals surface area contributed by atoms with Gasteiger partial charge in [-0.25, -0.2) is 0 Å². The van der Waals surface area contributed by atoms with Crippen LogP contribution in [0, 0.1) is 0 Å². The molecular weight excluding hydrogens is 324 g/mol. The van der Waals surface area contributed by atoms with Crippen LogP contribution in [0.15, 0.2) is 0 Å².